The van der Waals surface area contributed by atoms with Gasteiger partial charge in [-0.1, -0.05) is 25.0 Å². The zero-order valence-electron chi connectivity index (χ0n) is 12.0. The van der Waals surface area contributed by atoms with Gasteiger partial charge >= 0.3 is 0 Å². The van der Waals surface area contributed by atoms with Crippen LogP contribution < -0.4 is 5.32 Å². The Kier molecular flexibility index (Phi) is 5.34. The van der Waals surface area contributed by atoms with E-state index in [9.17, 15) is 4.39 Å². The largest absolute Gasteiger partial charge is 0.313 e. The first kappa shape index (κ1) is 14.5. The van der Waals surface area contributed by atoms with Crippen LogP contribution in [0.2, 0.25) is 0 Å². The monoisotopic (exact) mass is 264 g/mol. The molecule has 1 aliphatic rings. The SMILES string of the molecule is CNC(CCN(C)C1CCCC1)c1cccc(F)c1. The van der Waals surface area contributed by atoms with Crippen molar-refractivity contribution in [2.45, 2.75) is 44.2 Å². The molecule has 0 bridgehead atoms. The van der Waals surface area contributed by atoms with Crippen LogP contribution in [-0.4, -0.2) is 31.6 Å². The molecular formula is C16H25FN2. The van der Waals surface area contributed by atoms with E-state index in [1.165, 1.54) is 31.7 Å². The van der Waals surface area contributed by atoms with Crippen molar-refractivity contribution in [3.63, 3.8) is 0 Å². The van der Waals surface area contributed by atoms with Gasteiger partial charge < -0.3 is 10.2 Å². The summed E-state index contributed by atoms with van der Waals surface area (Å²) >= 11 is 0. The summed E-state index contributed by atoms with van der Waals surface area (Å²) in [5, 5.41) is 3.30. The van der Waals surface area contributed by atoms with Crippen molar-refractivity contribution >= 4 is 0 Å². The average Bonchev–Trinajstić information content (AvgIpc) is 2.93. The lowest BCUT2D eigenvalue weighted by molar-refractivity contribution is 0.233. The number of hydrogen-bond donors (Lipinski definition) is 1. The topological polar surface area (TPSA) is 15.3 Å². The van der Waals surface area contributed by atoms with Gasteiger partial charge in [0.25, 0.3) is 0 Å². The molecule has 3 heteroatoms. The minimum Gasteiger partial charge on any atom is -0.313 e. The van der Waals surface area contributed by atoms with E-state index in [0.717, 1.165) is 24.6 Å². The summed E-state index contributed by atoms with van der Waals surface area (Å²) in [4.78, 5) is 2.47. The van der Waals surface area contributed by atoms with Gasteiger partial charge in [-0.05, 0) is 57.6 Å². The van der Waals surface area contributed by atoms with E-state index >= 15 is 0 Å². The summed E-state index contributed by atoms with van der Waals surface area (Å²) in [5.74, 6) is -0.151. The van der Waals surface area contributed by atoms with E-state index in [1.807, 2.05) is 13.1 Å². The fourth-order valence-electron chi connectivity index (χ4n) is 3.06. The van der Waals surface area contributed by atoms with Crippen LogP contribution in [0.25, 0.3) is 0 Å². The Hall–Kier alpha value is -0.930. The molecule has 1 aliphatic carbocycles. The molecule has 0 saturated heterocycles. The molecule has 0 amide bonds. The van der Waals surface area contributed by atoms with Gasteiger partial charge in [-0.2, -0.15) is 0 Å². The van der Waals surface area contributed by atoms with Crippen molar-refractivity contribution in [3.05, 3.63) is 35.6 Å². The van der Waals surface area contributed by atoms with Crippen LogP contribution in [0.5, 0.6) is 0 Å². The van der Waals surface area contributed by atoms with Crippen LogP contribution in [-0.2, 0) is 0 Å². The van der Waals surface area contributed by atoms with E-state index < -0.39 is 0 Å². The van der Waals surface area contributed by atoms with Crippen LogP contribution >= 0.6 is 0 Å². The van der Waals surface area contributed by atoms with Crippen LogP contribution in [0.4, 0.5) is 4.39 Å². The Balaban J connectivity index is 1.88. The number of benzene rings is 1. The first-order chi connectivity index (χ1) is 9.20. The van der Waals surface area contributed by atoms with E-state index in [-0.39, 0.29) is 11.9 Å². The highest BCUT2D eigenvalue weighted by Gasteiger charge is 2.20. The minimum atomic E-state index is -0.151. The van der Waals surface area contributed by atoms with E-state index in [4.69, 9.17) is 0 Å². The fraction of sp³-hybridized carbons (Fsp3) is 0.625. The van der Waals surface area contributed by atoms with E-state index in [2.05, 4.69) is 17.3 Å². The quantitative estimate of drug-likeness (QED) is 0.847. The second-order valence-electron chi connectivity index (χ2n) is 5.60. The van der Waals surface area contributed by atoms with Crippen LogP contribution in [0.15, 0.2) is 24.3 Å². The fourth-order valence-corrected chi connectivity index (χ4v) is 3.06. The first-order valence-corrected chi connectivity index (χ1v) is 7.33. The molecule has 0 aliphatic heterocycles. The second-order valence-corrected chi connectivity index (χ2v) is 5.60. The van der Waals surface area contributed by atoms with Gasteiger partial charge in [-0.25, -0.2) is 4.39 Å². The van der Waals surface area contributed by atoms with Crippen LogP contribution in [0.1, 0.15) is 43.7 Å². The lowest BCUT2D eigenvalue weighted by Crippen LogP contribution is -2.32. The standard InChI is InChI=1S/C16H25FN2/c1-18-16(13-6-5-7-14(17)12-13)10-11-19(2)15-8-3-4-9-15/h5-7,12,15-16,18H,3-4,8-11H2,1-2H3. The molecule has 2 rings (SSSR count). The number of nitrogens with zero attached hydrogens (tertiary/aromatic N) is 1. The third-order valence-electron chi connectivity index (χ3n) is 4.32. The first-order valence-electron chi connectivity index (χ1n) is 7.33. The zero-order chi connectivity index (χ0) is 13.7. The lowest BCUT2D eigenvalue weighted by atomic mass is 10.0. The molecule has 0 spiro atoms. The van der Waals surface area contributed by atoms with Crippen molar-refractivity contribution in [2.75, 3.05) is 20.6 Å². The van der Waals surface area contributed by atoms with Gasteiger partial charge in [0.05, 0.1) is 0 Å². The molecule has 19 heavy (non-hydrogen) atoms. The highest BCUT2D eigenvalue weighted by molar-refractivity contribution is 5.20. The van der Waals surface area contributed by atoms with Gasteiger partial charge in [-0.15, -0.1) is 0 Å². The number of rotatable bonds is 6. The highest BCUT2D eigenvalue weighted by Crippen LogP contribution is 2.24. The summed E-state index contributed by atoms with van der Waals surface area (Å²) < 4.78 is 13.3. The normalized spacial score (nSPS) is 18.1. The van der Waals surface area contributed by atoms with Gasteiger partial charge in [0.2, 0.25) is 0 Å². The Bertz CT molecular complexity index is 388. The third-order valence-corrected chi connectivity index (χ3v) is 4.32. The van der Waals surface area contributed by atoms with Crippen molar-refractivity contribution in [1.82, 2.24) is 10.2 Å². The summed E-state index contributed by atoms with van der Waals surface area (Å²) in [6.07, 6.45) is 6.43. The van der Waals surface area contributed by atoms with Crippen molar-refractivity contribution in [1.29, 1.82) is 0 Å². The summed E-state index contributed by atoms with van der Waals surface area (Å²) in [7, 11) is 4.17. The Morgan fingerprint density at radius 3 is 2.74 bits per heavy atom. The molecule has 0 aromatic heterocycles. The van der Waals surface area contributed by atoms with Crippen molar-refractivity contribution in [2.24, 2.45) is 0 Å². The van der Waals surface area contributed by atoms with Gasteiger partial charge in [0.15, 0.2) is 0 Å². The molecule has 1 atom stereocenters. The molecule has 2 nitrogen and oxygen atoms in total. The molecular weight excluding hydrogens is 239 g/mol. The summed E-state index contributed by atoms with van der Waals surface area (Å²) in [6.45, 7) is 1.06. The molecule has 1 N–H and O–H groups in total. The molecule has 1 unspecified atom stereocenters. The minimum absolute atomic E-state index is 0.151. The Morgan fingerprint density at radius 2 is 2.11 bits per heavy atom. The molecule has 1 aromatic carbocycles. The summed E-state index contributed by atoms with van der Waals surface area (Å²) in [6, 6.07) is 7.91. The molecule has 1 aromatic rings. The Morgan fingerprint density at radius 1 is 1.37 bits per heavy atom. The van der Waals surface area contributed by atoms with Gasteiger partial charge in [0.1, 0.15) is 5.82 Å². The highest BCUT2D eigenvalue weighted by atomic mass is 19.1. The molecule has 0 heterocycles. The maximum atomic E-state index is 13.3. The molecule has 0 radical (unpaired) electrons. The number of hydrogen-bond acceptors (Lipinski definition) is 2. The van der Waals surface area contributed by atoms with Crippen molar-refractivity contribution < 1.29 is 4.39 Å². The maximum Gasteiger partial charge on any atom is 0.123 e. The van der Waals surface area contributed by atoms with Crippen molar-refractivity contribution in [3.8, 4) is 0 Å². The predicted molar refractivity (Wildman–Crippen MR) is 77.7 cm³/mol. The van der Waals surface area contributed by atoms with E-state index in [0.29, 0.717) is 0 Å². The lowest BCUT2D eigenvalue weighted by Gasteiger charge is -2.26. The van der Waals surface area contributed by atoms with E-state index in [1.54, 1.807) is 12.1 Å². The number of halogens is 1. The Labute approximate surface area is 116 Å². The summed E-state index contributed by atoms with van der Waals surface area (Å²) in [5.41, 5.74) is 1.04. The average molecular weight is 264 g/mol. The molecule has 106 valence electrons. The number of nitrogens with one attached hydrogen (secondary N) is 1. The van der Waals surface area contributed by atoms with Gasteiger partial charge in [-0.3, -0.25) is 0 Å². The molecule has 1 fully saturated rings. The zero-order valence-corrected chi connectivity index (χ0v) is 12.0. The van der Waals surface area contributed by atoms with Crippen LogP contribution in [0.3, 0.4) is 0 Å². The predicted octanol–water partition coefficient (Wildman–Crippen LogP) is 3.35. The second kappa shape index (κ2) is 7.01. The molecule has 1 saturated carbocycles. The maximum absolute atomic E-state index is 13.3. The van der Waals surface area contributed by atoms with Gasteiger partial charge in [0, 0.05) is 12.1 Å². The third kappa shape index (κ3) is 4.02. The van der Waals surface area contributed by atoms with Crippen LogP contribution in [0, 0.1) is 5.82 Å². The smallest absolute Gasteiger partial charge is 0.123 e.